The zero-order valence-electron chi connectivity index (χ0n) is 6.90. The predicted molar refractivity (Wildman–Crippen MR) is 51.3 cm³/mol. The summed E-state index contributed by atoms with van der Waals surface area (Å²) in [6, 6.07) is 0. The van der Waals surface area contributed by atoms with E-state index in [0.29, 0.717) is 4.24 Å². The second-order valence-corrected chi connectivity index (χ2v) is 4.69. The second-order valence-electron chi connectivity index (χ2n) is 2.09. The number of carboxylic acid groups (broad SMARTS) is 1. The van der Waals surface area contributed by atoms with E-state index in [9.17, 15) is 9.59 Å². The van der Waals surface area contributed by atoms with Crippen molar-refractivity contribution in [1.82, 2.24) is 0 Å². The predicted octanol–water partition coefficient (Wildman–Crippen LogP) is 1.28. The van der Waals surface area contributed by atoms with Gasteiger partial charge in [0.1, 0.15) is 0 Å². The number of carbonyl (C=O) groups is 2. The van der Waals surface area contributed by atoms with Crippen LogP contribution in [0.15, 0.2) is 9.81 Å². The third-order valence-corrected chi connectivity index (χ3v) is 3.86. The maximum Gasteiger partial charge on any atom is 0.347 e. The van der Waals surface area contributed by atoms with Crippen LogP contribution in [-0.4, -0.2) is 28.7 Å². The highest BCUT2D eigenvalue weighted by atomic mass is 32.3. The highest BCUT2D eigenvalue weighted by Crippen LogP contribution is 2.45. The SMILES string of the molecule is CCOC(=O)C(C(=O)O)=C1SCS1. The number of hydrogen-bond donors (Lipinski definition) is 1. The van der Waals surface area contributed by atoms with Gasteiger partial charge < -0.3 is 9.84 Å². The Bertz CT molecular complexity index is 266. The molecule has 0 radical (unpaired) electrons. The van der Waals surface area contributed by atoms with Crippen molar-refractivity contribution in [3.05, 3.63) is 9.81 Å². The average molecular weight is 220 g/mol. The van der Waals surface area contributed by atoms with E-state index >= 15 is 0 Å². The summed E-state index contributed by atoms with van der Waals surface area (Å²) in [4.78, 5) is 21.8. The summed E-state index contributed by atoms with van der Waals surface area (Å²) in [6.07, 6.45) is 0. The molecule has 1 N–H and O–H groups in total. The lowest BCUT2D eigenvalue weighted by Crippen LogP contribution is -2.18. The van der Waals surface area contributed by atoms with Gasteiger partial charge in [-0.3, -0.25) is 0 Å². The molecule has 1 aliphatic rings. The number of esters is 1. The molecule has 0 amide bonds. The first-order valence-corrected chi connectivity index (χ1v) is 5.54. The summed E-state index contributed by atoms with van der Waals surface area (Å²) in [5.41, 5.74) is -0.233. The van der Waals surface area contributed by atoms with E-state index in [0.717, 1.165) is 5.08 Å². The summed E-state index contributed by atoms with van der Waals surface area (Å²) in [7, 11) is 0. The largest absolute Gasteiger partial charge is 0.477 e. The van der Waals surface area contributed by atoms with Gasteiger partial charge in [0.05, 0.1) is 10.8 Å². The van der Waals surface area contributed by atoms with Gasteiger partial charge in [0.2, 0.25) is 0 Å². The minimum absolute atomic E-state index is 0.193. The first kappa shape index (κ1) is 10.5. The number of carbonyl (C=O) groups excluding carboxylic acids is 1. The van der Waals surface area contributed by atoms with Gasteiger partial charge in [0.25, 0.3) is 0 Å². The van der Waals surface area contributed by atoms with Crippen LogP contribution in [-0.2, 0) is 14.3 Å². The van der Waals surface area contributed by atoms with Crippen molar-refractivity contribution in [3.63, 3.8) is 0 Å². The summed E-state index contributed by atoms with van der Waals surface area (Å²) >= 11 is 2.71. The minimum atomic E-state index is -1.21. The quantitative estimate of drug-likeness (QED) is 0.334. The molecule has 0 bridgehead atoms. The molecular weight excluding hydrogens is 212 g/mol. The summed E-state index contributed by atoms with van der Waals surface area (Å²) in [5.74, 6) is -1.96. The van der Waals surface area contributed by atoms with Crippen molar-refractivity contribution in [3.8, 4) is 0 Å². The fraction of sp³-hybridized carbons (Fsp3) is 0.429. The first-order valence-electron chi connectivity index (χ1n) is 3.57. The van der Waals surface area contributed by atoms with Crippen molar-refractivity contribution in [2.24, 2.45) is 0 Å². The number of aliphatic carboxylic acids is 1. The molecule has 0 aliphatic carbocycles. The highest BCUT2D eigenvalue weighted by molar-refractivity contribution is 8.37. The summed E-state index contributed by atoms with van der Waals surface area (Å²) < 4.78 is 5.17. The van der Waals surface area contributed by atoms with Gasteiger partial charge >= 0.3 is 11.9 Å². The van der Waals surface area contributed by atoms with E-state index in [1.165, 1.54) is 23.5 Å². The molecular formula is C7H8O4S2. The third kappa shape index (κ3) is 2.41. The van der Waals surface area contributed by atoms with E-state index in [-0.39, 0.29) is 12.2 Å². The minimum Gasteiger partial charge on any atom is -0.477 e. The summed E-state index contributed by atoms with van der Waals surface area (Å²) in [5, 5.41) is 9.52. The van der Waals surface area contributed by atoms with Crippen LogP contribution in [0.5, 0.6) is 0 Å². The van der Waals surface area contributed by atoms with Crippen LogP contribution in [0, 0.1) is 0 Å². The van der Waals surface area contributed by atoms with Crippen LogP contribution in [0.25, 0.3) is 0 Å². The van der Waals surface area contributed by atoms with Gasteiger partial charge in [-0.15, -0.1) is 23.5 Å². The van der Waals surface area contributed by atoms with Crippen LogP contribution in [0.1, 0.15) is 6.92 Å². The Morgan fingerprint density at radius 1 is 1.54 bits per heavy atom. The maximum absolute atomic E-state index is 11.1. The van der Waals surface area contributed by atoms with Crippen molar-refractivity contribution in [2.45, 2.75) is 6.92 Å². The molecule has 1 aliphatic heterocycles. The average Bonchev–Trinajstić information content (AvgIpc) is 1.95. The number of ether oxygens (including phenoxy) is 1. The Hall–Kier alpha value is -0.620. The molecule has 13 heavy (non-hydrogen) atoms. The van der Waals surface area contributed by atoms with Crippen LogP contribution >= 0.6 is 23.5 Å². The number of carboxylic acids is 1. The van der Waals surface area contributed by atoms with Crippen molar-refractivity contribution in [2.75, 3.05) is 11.7 Å². The molecule has 0 aromatic rings. The Labute approximate surface area is 83.7 Å². The molecule has 72 valence electrons. The third-order valence-electron chi connectivity index (χ3n) is 1.28. The van der Waals surface area contributed by atoms with Crippen LogP contribution in [0.2, 0.25) is 0 Å². The van der Waals surface area contributed by atoms with Crippen molar-refractivity contribution >= 4 is 35.5 Å². The molecule has 6 heteroatoms. The van der Waals surface area contributed by atoms with Gasteiger partial charge in [-0.05, 0) is 6.92 Å². The standard InChI is InChI=1S/C7H8O4S2/c1-2-11-6(10)4(5(8)9)7-12-3-13-7/h2-3H2,1H3,(H,8,9). The number of rotatable bonds is 3. The van der Waals surface area contributed by atoms with Crippen LogP contribution in [0.4, 0.5) is 0 Å². The Morgan fingerprint density at radius 2 is 2.15 bits per heavy atom. The lowest BCUT2D eigenvalue weighted by Gasteiger charge is -2.16. The maximum atomic E-state index is 11.1. The van der Waals surface area contributed by atoms with E-state index in [1.54, 1.807) is 6.92 Å². The first-order chi connectivity index (χ1) is 6.16. The Balaban J connectivity index is 2.79. The lowest BCUT2D eigenvalue weighted by atomic mass is 10.3. The fourth-order valence-electron chi connectivity index (χ4n) is 0.723. The molecule has 0 spiro atoms. The topological polar surface area (TPSA) is 63.6 Å². The van der Waals surface area contributed by atoms with Crippen LogP contribution in [0.3, 0.4) is 0 Å². The van der Waals surface area contributed by atoms with E-state index in [4.69, 9.17) is 5.11 Å². The van der Waals surface area contributed by atoms with Gasteiger partial charge in [-0.1, -0.05) is 0 Å². The zero-order chi connectivity index (χ0) is 9.84. The second kappa shape index (κ2) is 4.57. The monoisotopic (exact) mass is 220 g/mol. The molecule has 0 aromatic heterocycles. The van der Waals surface area contributed by atoms with Gasteiger partial charge in [-0.25, -0.2) is 9.59 Å². The van der Waals surface area contributed by atoms with E-state index < -0.39 is 11.9 Å². The molecule has 0 unspecified atom stereocenters. The molecule has 0 atom stereocenters. The van der Waals surface area contributed by atoms with Gasteiger partial charge in [-0.2, -0.15) is 0 Å². The smallest absolute Gasteiger partial charge is 0.347 e. The fourth-order valence-corrected chi connectivity index (χ4v) is 2.30. The number of thioether (sulfide) groups is 2. The number of hydrogen-bond acceptors (Lipinski definition) is 5. The van der Waals surface area contributed by atoms with Gasteiger partial charge in [0.15, 0.2) is 5.57 Å². The molecule has 0 aromatic carbocycles. The highest BCUT2D eigenvalue weighted by Gasteiger charge is 2.28. The van der Waals surface area contributed by atoms with Crippen molar-refractivity contribution in [1.29, 1.82) is 0 Å². The normalized spacial score (nSPS) is 14.7. The Morgan fingerprint density at radius 3 is 2.46 bits per heavy atom. The zero-order valence-corrected chi connectivity index (χ0v) is 8.54. The molecule has 0 saturated carbocycles. The molecule has 4 nitrogen and oxygen atoms in total. The molecule has 1 fully saturated rings. The van der Waals surface area contributed by atoms with Crippen molar-refractivity contribution < 1.29 is 19.4 Å². The van der Waals surface area contributed by atoms with E-state index in [1.807, 2.05) is 0 Å². The molecule has 1 heterocycles. The molecule has 1 rings (SSSR count). The Kier molecular flexibility index (Phi) is 3.68. The van der Waals surface area contributed by atoms with Gasteiger partial charge in [0, 0.05) is 5.08 Å². The lowest BCUT2D eigenvalue weighted by molar-refractivity contribution is -0.143. The summed E-state index contributed by atoms with van der Waals surface area (Å²) in [6.45, 7) is 1.83. The molecule has 1 saturated heterocycles. The van der Waals surface area contributed by atoms with E-state index in [2.05, 4.69) is 4.74 Å². The van der Waals surface area contributed by atoms with Crippen LogP contribution < -0.4 is 0 Å².